The average Bonchev–Trinajstić information content (AvgIpc) is 2.42. The van der Waals surface area contributed by atoms with Crippen LogP contribution in [-0.2, 0) is 0 Å². The highest BCUT2D eigenvalue weighted by Crippen LogP contribution is 2.23. The molecule has 110 valence electrons. The predicted molar refractivity (Wildman–Crippen MR) is 84.6 cm³/mol. The summed E-state index contributed by atoms with van der Waals surface area (Å²) in [6, 6.07) is 1.94. The van der Waals surface area contributed by atoms with E-state index < -0.39 is 0 Å². The van der Waals surface area contributed by atoms with Crippen molar-refractivity contribution in [1.29, 1.82) is 0 Å². The van der Waals surface area contributed by atoms with Crippen LogP contribution >= 0.6 is 0 Å². The molecule has 19 heavy (non-hydrogen) atoms. The van der Waals surface area contributed by atoms with Crippen LogP contribution in [0.1, 0.15) is 53.7 Å². The highest BCUT2D eigenvalue weighted by molar-refractivity contribution is 5.31. The molecule has 2 atom stereocenters. The third kappa shape index (κ3) is 6.04. The van der Waals surface area contributed by atoms with Crippen LogP contribution in [0.25, 0.3) is 0 Å². The minimum absolute atomic E-state index is 0.748. The van der Waals surface area contributed by atoms with Crippen LogP contribution in [0.3, 0.4) is 0 Å². The molecule has 0 aliphatic carbocycles. The van der Waals surface area contributed by atoms with E-state index in [2.05, 4.69) is 28.7 Å². The number of rotatable bonds is 1. The van der Waals surface area contributed by atoms with Crippen LogP contribution in [0.5, 0.6) is 0 Å². The molecule has 2 unspecified atom stereocenters. The molecule has 0 bridgehead atoms. The molecule has 3 nitrogen and oxygen atoms in total. The van der Waals surface area contributed by atoms with Gasteiger partial charge in [-0.3, -0.25) is 0 Å². The minimum atomic E-state index is 0.748. The number of nitrogens with zero attached hydrogens (tertiary/aromatic N) is 3. The lowest BCUT2D eigenvalue weighted by Gasteiger charge is -2.34. The normalized spacial score (nSPS) is 21.7. The van der Waals surface area contributed by atoms with Gasteiger partial charge in [0, 0.05) is 25.0 Å². The number of anilines is 1. The lowest BCUT2D eigenvalue weighted by atomic mass is 9.92. The molecule has 3 heteroatoms. The molecule has 1 saturated heterocycles. The van der Waals surface area contributed by atoms with E-state index in [1.54, 1.807) is 0 Å². The summed E-state index contributed by atoms with van der Waals surface area (Å²) in [5.74, 6) is 2.39. The molecule has 0 radical (unpaired) electrons. The molecule has 1 aliphatic rings. The van der Waals surface area contributed by atoms with Crippen molar-refractivity contribution in [3.8, 4) is 0 Å². The summed E-state index contributed by atoms with van der Waals surface area (Å²) in [6.45, 7) is 16.8. The monoisotopic (exact) mass is 265 g/mol. The zero-order valence-electron chi connectivity index (χ0n) is 13.8. The van der Waals surface area contributed by atoms with E-state index in [1.165, 1.54) is 6.42 Å². The van der Waals surface area contributed by atoms with Gasteiger partial charge in [0.2, 0.25) is 5.95 Å². The lowest BCUT2D eigenvalue weighted by molar-refractivity contribution is 0.353. The van der Waals surface area contributed by atoms with Gasteiger partial charge in [-0.2, -0.15) is 0 Å². The first-order chi connectivity index (χ1) is 9.15. The van der Waals surface area contributed by atoms with Crippen molar-refractivity contribution in [2.75, 3.05) is 18.0 Å². The summed E-state index contributed by atoms with van der Waals surface area (Å²) in [5, 5.41) is 0. The summed E-state index contributed by atoms with van der Waals surface area (Å²) in [6.07, 6.45) is 3.17. The Labute approximate surface area is 119 Å². The van der Waals surface area contributed by atoms with Crippen LogP contribution in [0.15, 0.2) is 12.3 Å². The van der Waals surface area contributed by atoms with Gasteiger partial charge < -0.3 is 4.90 Å². The first-order valence-corrected chi connectivity index (χ1v) is 7.69. The van der Waals surface area contributed by atoms with E-state index in [9.17, 15) is 0 Å². The van der Waals surface area contributed by atoms with Gasteiger partial charge in [-0.1, -0.05) is 41.5 Å². The number of aromatic nitrogens is 2. The molecule has 0 aromatic carbocycles. The van der Waals surface area contributed by atoms with E-state index in [0.717, 1.165) is 36.6 Å². The summed E-state index contributed by atoms with van der Waals surface area (Å²) >= 11 is 0. The largest absolute Gasteiger partial charge is 0.340 e. The molecule has 1 aliphatic heterocycles. The Bertz CT molecular complexity index is 329. The standard InChI is InChI=1S/C12H19N3.2C2H6/c1-9-6-10(2)8-15(7-9)12-13-5-4-11(3)14-12;2*1-2/h4-5,9-10H,6-8H2,1-3H3;2*1-2H3. The third-order valence-corrected chi connectivity index (χ3v) is 2.93. The van der Waals surface area contributed by atoms with Gasteiger partial charge in [-0.05, 0) is 31.2 Å². The molecule has 1 fully saturated rings. The van der Waals surface area contributed by atoms with Gasteiger partial charge in [0.05, 0.1) is 0 Å². The number of piperidine rings is 1. The van der Waals surface area contributed by atoms with Crippen LogP contribution in [0.2, 0.25) is 0 Å². The molecule has 0 saturated carbocycles. The first kappa shape index (κ1) is 17.9. The highest BCUT2D eigenvalue weighted by Gasteiger charge is 2.23. The van der Waals surface area contributed by atoms with E-state index in [-0.39, 0.29) is 0 Å². The van der Waals surface area contributed by atoms with E-state index in [0.29, 0.717) is 0 Å². The van der Waals surface area contributed by atoms with Crippen LogP contribution in [0.4, 0.5) is 5.95 Å². The Hall–Kier alpha value is -1.12. The summed E-state index contributed by atoms with van der Waals surface area (Å²) in [5.41, 5.74) is 1.05. The topological polar surface area (TPSA) is 29.0 Å². The van der Waals surface area contributed by atoms with Crippen molar-refractivity contribution in [3.63, 3.8) is 0 Å². The quantitative estimate of drug-likeness (QED) is 0.757. The second-order valence-corrected chi connectivity index (χ2v) is 4.85. The minimum Gasteiger partial charge on any atom is -0.340 e. The highest BCUT2D eigenvalue weighted by atomic mass is 15.3. The second-order valence-electron chi connectivity index (χ2n) is 4.85. The molecule has 1 aromatic heterocycles. The van der Waals surface area contributed by atoms with Crippen molar-refractivity contribution in [2.45, 2.75) is 54.9 Å². The second kappa shape index (κ2) is 9.76. The first-order valence-electron chi connectivity index (χ1n) is 7.69. The molecular formula is C16H31N3. The number of hydrogen-bond donors (Lipinski definition) is 0. The van der Waals surface area contributed by atoms with E-state index >= 15 is 0 Å². The predicted octanol–water partition coefficient (Wildman–Crippen LogP) is 4.32. The third-order valence-electron chi connectivity index (χ3n) is 2.93. The number of hydrogen-bond acceptors (Lipinski definition) is 3. The Morgan fingerprint density at radius 2 is 1.58 bits per heavy atom. The van der Waals surface area contributed by atoms with Gasteiger partial charge in [-0.15, -0.1) is 0 Å². The van der Waals surface area contributed by atoms with Crippen molar-refractivity contribution in [2.24, 2.45) is 11.8 Å². The maximum absolute atomic E-state index is 4.48. The fourth-order valence-electron chi connectivity index (χ4n) is 2.41. The zero-order valence-corrected chi connectivity index (χ0v) is 13.8. The van der Waals surface area contributed by atoms with Crippen LogP contribution < -0.4 is 4.90 Å². The van der Waals surface area contributed by atoms with Crippen molar-refractivity contribution in [3.05, 3.63) is 18.0 Å². The Morgan fingerprint density at radius 3 is 2.05 bits per heavy atom. The maximum atomic E-state index is 4.48. The molecule has 2 rings (SSSR count). The molecule has 0 N–H and O–H groups in total. The smallest absolute Gasteiger partial charge is 0.225 e. The van der Waals surface area contributed by atoms with Crippen molar-refractivity contribution in [1.82, 2.24) is 9.97 Å². The van der Waals surface area contributed by atoms with Crippen LogP contribution in [-0.4, -0.2) is 23.1 Å². The molecule has 0 spiro atoms. The van der Waals surface area contributed by atoms with Gasteiger partial charge in [0.15, 0.2) is 0 Å². The Kier molecular flexibility index (Phi) is 9.19. The molecule has 2 heterocycles. The molecule has 1 aromatic rings. The summed E-state index contributed by atoms with van der Waals surface area (Å²) in [4.78, 5) is 11.1. The van der Waals surface area contributed by atoms with E-state index in [4.69, 9.17) is 0 Å². The fraction of sp³-hybridized carbons (Fsp3) is 0.750. The van der Waals surface area contributed by atoms with Gasteiger partial charge >= 0.3 is 0 Å². The average molecular weight is 265 g/mol. The SMILES string of the molecule is CC.CC.Cc1ccnc(N2CC(C)CC(C)C2)n1. The molecular weight excluding hydrogens is 234 g/mol. The molecule has 0 amide bonds. The van der Waals surface area contributed by atoms with Gasteiger partial charge in [0.1, 0.15) is 0 Å². The zero-order chi connectivity index (χ0) is 14.8. The Morgan fingerprint density at radius 1 is 1.05 bits per heavy atom. The van der Waals surface area contributed by atoms with Crippen molar-refractivity contribution < 1.29 is 0 Å². The van der Waals surface area contributed by atoms with Crippen molar-refractivity contribution >= 4 is 5.95 Å². The van der Waals surface area contributed by atoms with Crippen LogP contribution in [0, 0.1) is 18.8 Å². The van der Waals surface area contributed by atoms with Gasteiger partial charge in [0.25, 0.3) is 0 Å². The fourth-order valence-corrected chi connectivity index (χ4v) is 2.41. The maximum Gasteiger partial charge on any atom is 0.225 e. The Balaban J connectivity index is 0.000000741. The lowest BCUT2D eigenvalue weighted by Crippen LogP contribution is -2.39. The summed E-state index contributed by atoms with van der Waals surface area (Å²) in [7, 11) is 0. The summed E-state index contributed by atoms with van der Waals surface area (Å²) < 4.78 is 0. The van der Waals surface area contributed by atoms with E-state index in [1.807, 2.05) is 46.9 Å². The van der Waals surface area contributed by atoms with Gasteiger partial charge in [-0.25, -0.2) is 9.97 Å². The number of aryl methyl sites for hydroxylation is 1.